The smallest absolute Gasteiger partial charge is 0.234 e. The number of allylic oxidation sites excluding steroid dienone is 1. The fourth-order valence-corrected chi connectivity index (χ4v) is 3.86. The van der Waals surface area contributed by atoms with Gasteiger partial charge in [0.15, 0.2) is 11.0 Å². The lowest BCUT2D eigenvalue weighted by molar-refractivity contribution is -0.113. The third-order valence-corrected chi connectivity index (χ3v) is 5.68. The number of ether oxygens (including phenoxy) is 2. The summed E-state index contributed by atoms with van der Waals surface area (Å²) in [6.45, 7) is 6.38. The van der Waals surface area contributed by atoms with E-state index in [9.17, 15) is 4.79 Å². The van der Waals surface area contributed by atoms with Crippen molar-refractivity contribution in [3.63, 3.8) is 0 Å². The van der Waals surface area contributed by atoms with Crippen LogP contribution in [0.25, 0.3) is 11.4 Å². The van der Waals surface area contributed by atoms with Crippen molar-refractivity contribution in [3.8, 4) is 22.9 Å². The van der Waals surface area contributed by atoms with Gasteiger partial charge in [0.2, 0.25) is 5.91 Å². The molecule has 2 aromatic carbocycles. The minimum atomic E-state index is -0.224. The summed E-state index contributed by atoms with van der Waals surface area (Å²) >= 11 is 7.41. The summed E-state index contributed by atoms with van der Waals surface area (Å²) in [6.07, 6.45) is 1.77. The van der Waals surface area contributed by atoms with Gasteiger partial charge in [-0.1, -0.05) is 59.3 Å². The van der Waals surface area contributed by atoms with Crippen LogP contribution in [0.5, 0.6) is 11.5 Å². The van der Waals surface area contributed by atoms with E-state index in [0.717, 1.165) is 11.4 Å². The van der Waals surface area contributed by atoms with E-state index in [0.29, 0.717) is 33.9 Å². The average molecular weight is 459 g/mol. The first-order valence-corrected chi connectivity index (χ1v) is 10.8. The van der Waals surface area contributed by atoms with Crippen LogP contribution >= 0.6 is 23.4 Å². The number of hydrogen-bond donors (Lipinski definition) is 1. The molecule has 0 bridgehead atoms. The first-order chi connectivity index (χ1) is 15.0. The molecular weight excluding hydrogens is 436 g/mol. The number of hydrogen-bond acceptors (Lipinski definition) is 6. The number of anilines is 1. The molecule has 1 amide bonds. The fourth-order valence-electron chi connectivity index (χ4n) is 2.88. The molecule has 1 aromatic heterocycles. The molecule has 0 unspecified atom stereocenters. The number of nitrogens with one attached hydrogen (secondary N) is 1. The van der Waals surface area contributed by atoms with Crippen molar-refractivity contribution in [2.75, 3.05) is 25.3 Å². The zero-order valence-electron chi connectivity index (χ0n) is 17.5. The van der Waals surface area contributed by atoms with E-state index in [4.69, 9.17) is 21.1 Å². The van der Waals surface area contributed by atoms with E-state index in [-0.39, 0.29) is 11.7 Å². The second kappa shape index (κ2) is 10.4. The van der Waals surface area contributed by atoms with Crippen molar-refractivity contribution in [1.29, 1.82) is 0 Å². The van der Waals surface area contributed by atoms with Gasteiger partial charge < -0.3 is 14.8 Å². The van der Waals surface area contributed by atoms with Crippen molar-refractivity contribution in [3.05, 3.63) is 59.6 Å². The monoisotopic (exact) mass is 458 g/mol. The highest BCUT2D eigenvalue weighted by Gasteiger charge is 2.17. The molecule has 0 saturated carbocycles. The number of thioether (sulfide) groups is 1. The minimum absolute atomic E-state index is 0.136. The maximum Gasteiger partial charge on any atom is 0.234 e. The number of halogens is 1. The zero-order chi connectivity index (χ0) is 22.4. The van der Waals surface area contributed by atoms with E-state index in [1.165, 1.54) is 31.5 Å². The molecule has 0 spiro atoms. The van der Waals surface area contributed by atoms with Crippen LogP contribution in [0, 0.1) is 6.92 Å². The van der Waals surface area contributed by atoms with E-state index in [1.54, 1.807) is 18.2 Å². The Morgan fingerprint density at radius 1 is 1.19 bits per heavy atom. The number of amides is 1. The van der Waals surface area contributed by atoms with Gasteiger partial charge >= 0.3 is 0 Å². The van der Waals surface area contributed by atoms with Crippen LogP contribution < -0.4 is 14.8 Å². The third-order valence-electron chi connectivity index (χ3n) is 4.42. The van der Waals surface area contributed by atoms with E-state index in [2.05, 4.69) is 22.1 Å². The molecule has 1 N–H and O–H groups in total. The van der Waals surface area contributed by atoms with E-state index >= 15 is 0 Å². The Balaban J connectivity index is 1.75. The first-order valence-electron chi connectivity index (χ1n) is 9.42. The number of carbonyl (C=O) groups is 1. The fraction of sp³-hybridized carbons (Fsp3) is 0.227. The summed E-state index contributed by atoms with van der Waals surface area (Å²) in [6, 6.07) is 11.3. The molecule has 0 aliphatic heterocycles. The Hall–Kier alpha value is -2.97. The van der Waals surface area contributed by atoms with Crippen molar-refractivity contribution < 1.29 is 14.3 Å². The van der Waals surface area contributed by atoms with Crippen LogP contribution in [0.4, 0.5) is 5.69 Å². The van der Waals surface area contributed by atoms with Gasteiger partial charge in [-0.05, 0) is 6.92 Å². The van der Waals surface area contributed by atoms with Gasteiger partial charge in [0, 0.05) is 24.2 Å². The minimum Gasteiger partial charge on any atom is -0.495 e. The molecule has 3 rings (SSSR count). The molecular formula is C22H23ClN4O3S. The SMILES string of the molecule is C=CCn1c(SCC(=O)Nc2cc(OC)c(Cl)cc2OC)nnc1-c1ccc(C)cc1. The largest absolute Gasteiger partial charge is 0.495 e. The highest BCUT2D eigenvalue weighted by atomic mass is 35.5. The maximum absolute atomic E-state index is 12.6. The number of carbonyl (C=O) groups excluding carboxylic acids is 1. The summed E-state index contributed by atoms with van der Waals surface area (Å²) in [4.78, 5) is 12.6. The standard InChI is InChI=1S/C22H23ClN4O3S/c1-5-10-27-21(15-8-6-14(2)7-9-15)25-26-22(27)31-13-20(28)24-17-12-18(29-3)16(23)11-19(17)30-4/h5-9,11-12H,1,10,13H2,2-4H3,(H,24,28). The summed E-state index contributed by atoms with van der Waals surface area (Å²) < 4.78 is 12.4. The molecule has 0 saturated heterocycles. The lowest BCUT2D eigenvalue weighted by atomic mass is 10.1. The molecule has 0 aliphatic carbocycles. The lowest BCUT2D eigenvalue weighted by Gasteiger charge is -2.13. The molecule has 0 atom stereocenters. The summed E-state index contributed by atoms with van der Waals surface area (Å²) in [7, 11) is 3.01. The van der Waals surface area contributed by atoms with Crippen molar-refractivity contribution in [2.45, 2.75) is 18.6 Å². The third kappa shape index (κ3) is 5.39. The molecule has 31 heavy (non-hydrogen) atoms. The normalized spacial score (nSPS) is 10.6. The van der Waals surface area contributed by atoms with Crippen LogP contribution in [0.2, 0.25) is 5.02 Å². The number of methoxy groups -OCH3 is 2. The van der Waals surface area contributed by atoms with E-state index in [1.807, 2.05) is 35.8 Å². The lowest BCUT2D eigenvalue weighted by Crippen LogP contribution is -2.15. The topological polar surface area (TPSA) is 78.3 Å². The molecule has 0 radical (unpaired) electrons. The molecule has 1 heterocycles. The maximum atomic E-state index is 12.6. The number of aryl methyl sites for hydroxylation is 1. The molecule has 9 heteroatoms. The Morgan fingerprint density at radius 2 is 1.90 bits per heavy atom. The highest BCUT2D eigenvalue weighted by molar-refractivity contribution is 7.99. The second-order valence-electron chi connectivity index (χ2n) is 6.60. The summed E-state index contributed by atoms with van der Waals surface area (Å²) in [5, 5.41) is 12.4. The first kappa shape index (κ1) is 22.7. The van der Waals surface area contributed by atoms with Crippen LogP contribution in [0.1, 0.15) is 5.56 Å². The zero-order valence-corrected chi connectivity index (χ0v) is 19.1. The van der Waals surface area contributed by atoms with Gasteiger partial charge in [0.1, 0.15) is 11.5 Å². The second-order valence-corrected chi connectivity index (χ2v) is 7.95. The van der Waals surface area contributed by atoms with Crippen LogP contribution in [-0.2, 0) is 11.3 Å². The molecule has 7 nitrogen and oxygen atoms in total. The molecule has 0 aliphatic rings. The predicted molar refractivity (Wildman–Crippen MR) is 124 cm³/mol. The van der Waals surface area contributed by atoms with Crippen molar-refractivity contribution >= 4 is 35.0 Å². The molecule has 3 aromatic rings. The van der Waals surface area contributed by atoms with Crippen LogP contribution in [0.3, 0.4) is 0 Å². The van der Waals surface area contributed by atoms with Gasteiger partial charge in [-0.25, -0.2) is 0 Å². The van der Waals surface area contributed by atoms with Crippen LogP contribution in [-0.4, -0.2) is 40.6 Å². The van der Waals surface area contributed by atoms with E-state index < -0.39 is 0 Å². The van der Waals surface area contributed by atoms with Crippen molar-refractivity contribution in [1.82, 2.24) is 14.8 Å². The Bertz CT molecular complexity index is 1080. The molecule has 0 fully saturated rings. The van der Waals surface area contributed by atoms with Gasteiger partial charge in [-0.3, -0.25) is 9.36 Å². The number of benzene rings is 2. The Labute approximate surface area is 190 Å². The van der Waals surface area contributed by atoms with Gasteiger partial charge in [-0.2, -0.15) is 0 Å². The van der Waals surface area contributed by atoms with Gasteiger partial charge in [-0.15, -0.1) is 16.8 Å². The van der Waals surface area contributed by atoms with Gasteiger partial charge in [0.25, 0.3) is 0 Å². The van der Waals surface area contributed by atoms with Crippen molar-refractivity contribution in [2.24, 2.45) is 0 Å². The highest BCUT2D eigenvalue weighted by Crippen LogP contribution is 2.36. The number of rotatable bonds is 9. The number of aromatic nitrogens is 3. The van der Waals surface area contributed by atoms with Crippen LogP contribution in [0.15, 0.2) is 54.2 Å². The predicted octanol–water partition coefficient (Wildman–Crippen LogP) is 4.84. The Morgan fingerprint density at radius 3 is 2.55 bits per heavy atom. The average Bonchev–Trinajstić information content (AvgIpc) is 3.16. The Kier molecular flexibility index (Phi) is 7.59. The number of nitrogens with zero attached hydrogens (tertiary/aromatic N) is 3. The quantitative estimate of drug-likeness (QED) is 0.365. The molecule has 162 valence electrons. The van der Waals surface area contributed by atoms with Gasteiger partial charge in [0.05, 0.1) is 30.7 Å². The summed E-state index contributed by atoms with van der Waals surface area (Å²) in [5.74, 6) is 1.53. The summed E-state index contributed by atoms with van der Waals surface area (Å²) in [5.41, 5.74) is 2.59.